The van der Waals surface area contributed by atoms with Crippen LogP contribution in [0.25, 0.3) is 0 Å². The summed E-state index contributed by atoms with van der Waals surface area (Å²) in [5.74, 6) is -0.00277. The Balaban J connectivity index is 1.91. The van der Waals surface area contributed by atoms with E-state index in [1.807, 2.05) is 0 Å². The first-order chi connectivity index (χ1) is 11.4. The predicted molar refractivity (Wildman–Crippen MR) is 82.7 cm³/mol. The molecule has 2 aromatic heterocycles. The molecule has 1 atom stereocenters. The fourth-order valence-corrected chi connectivity index (χ4v) is 2.32. The lowest BCUT2D eigenvalue weighted by Gasteiger charge is -2.14. The van der Waals surface area contributed by atoms with Crippen molar-refractivity contribution in [3.05, 3.63) is 64.8 Å². The van der Waals surface area contributed by atoms with Crippen molar-refractivity contribution < 1.29 is 13.7 Å². The SMILES string of the molecule is Cc1nc(C(NC(=O)c2ccc(F)c(C)c2)c2cnn(C)c2)no1. The van der Waals surface area contributed by atoms with E-state index in [-0.39, 0.29) is 11.7 Å². The minimum Gasteiger partial charge on any atom is -0.340 e. The van der Waals surface area contributed by atoms with Crippen LogP contribution in [-0.4, -0.2) is 25.8 Å². The summed E-state index contributed by atoms with van der Waals surface area (Å²) in [7, 11) is 1.77. The van der Waals surface area contributed by atoms with E-state index in [0.717, 1.165) is 0 Å². The highest BCUT2D eigenvalue weighted by Crippen LogP contribution is 2.20. The van der Waals surface area contributed by atoms with Crippen LogP contribution >= 0.6 is 0 Å². The molecule has 1 aromatic carbocycles. The third kappa shape index (κ3) is 3.17. The van der Waals surface area contributed by atoms with Gasteiger partial charge in [0.05, 0.1) is 6.20 Å². The van der Waals surface area contributed by atoms with Crippen LogP contribution in [-0.2, 0) is 7.05 Å². The van der Waals surface area contributed by atoms with Crippen LogP contribution < -0.4 is 5.32 Å². The number of carbonyl (C=O) groups excluding carboxylic acids is 1. The van der Waals surface area contributed by atoms with Gasteiger partial charge in [0.1, 0.15) is 11.9 Å². The summed E-state index contributed by atoms with van der Waals surface area (Å²) in [6.45, 7) is 3.27. The Hall–Kier alpha value is -3.03. The molecule has 3 rings (SSSR count). The summed E-state index contributed by atoms with van der Waals surface area (Å²) in [6.07, 6.45) is 3.37. The number of aryl methyl sites for hydroxylation is 3. The Kier molecular flexibility index (Phi) is 4.11. The number of rotatable bonds is 4. The average Bonchev–Trinajstić information content (AvgIpc) is 3.16. The number of aromatic nitrogens is 4. The second-order valence-corrected chi connectivity index (χ2v) is 5.49. The Morgan fingerprint density at radius 2 is 2.17 bits per heavy atom. The van der Waals surface area contributed by atoms with E-state index in [2.05, 4.69) is 20.6 Å². The summed E-state index contributed by atoms with van der Waals surface area (Å²) >= 11 is 0. The smallest absolute Gasteiger partial charge is 0.252 e. The van der Waals surface area contributed by atoms with E-state index in [0.29, 0.717) is 28.4 Å². The van der Waals surface area contributed by atoms with Gasteiger partial charge in [-0.25, -0.2) is 4.39 Å². The lowest BCUT2D eigenvalue weighted by molar-refractivity contribution is 0.0941. The maximum absolute atomic E-state index is 13.4. The number of nitrogens with one attached hydrogen (secondary N) is 1. The molecule has 0 aliphatic rings. The van der Waals surface area contributed by atoms with Gasteiger partial charge in [0.15, 0.2) is 5.82 Å². The minimum absolute atomic E-state index is 0.327. The van der Waals surface area contributed by atoms with Crippen LogP contribution in [0.15, 0.2) is 35.1 Å². The zero-order chi connectivity index (χ0) is 17.3. The summed E-state index contributed by atoms with van der Waals surface area (Å²) < 4.78 is 20.0. The number of carbonyl (C=O) groups is 1. The van der Waals surface area contributed by atoms with Gasteiger partial charge < -0.3 is 9.84 Å². The Bertz CT molecular complexity index is 846. The maximum Gasteiger partial charge on any atom is 0.252 e. The van der Waals surface area contributed by atoms with Crippen LogP contribution in [0.3, 0.4) is 0 Å². The molecule has 124 valence electrons. The third-order valence-electron chi connectivity index (χ3n) is 3.56. The normalized spacial score (nSPS) is 12.2. The quantitative estimate of drug-likeness (QED) is 0.792. The molecule has 0 aliphatic heterocycles. The van der Waals surface area contributed by atoms with Crippen molar-refractivity contribution in [2.45, 2.75) is 19.9 Å². The highest BCUT2D eigenvalue weighted by atomic mass is 19.1. The highest BCUT2D eigenvalue weighted by molar-refractivity contribution is 5.94. The first-order valence-electron chi connectivity index (χ1n) is 7.30. The molecule has 1 amide bonds. The summed E-state index contributed by atoms with van der Waals surface area (Å²) in [5, 5.41) is 10.8. The van der Waals surface area contributed by atoms with Crippen molar-refractivity contribution in [3.8, 4) is 0 Å². The number of halogens is 1. The highest BCUT2D eigenvalue weighted by Gasteiger charge is 2.24. The van der Waals surface area contributed by atoms with E-state index in [1.54, 1.807) is 38.0 Å². The molecule has 1 N–H and O–H groups in total. The fourth-order valence-electron chi connectivity index (χ4n) is 2.32. The average molecular weight is 329 g/mol. The van der Waals surface area contributed by atoms with E-state index in [1.165, 1.54) is 18.2 Å². The Labute approximate surface area is 137 Å². The van der Waals surface area contributed by atoms with E-state index in [4.69, 9.17) is 4.52 Å². The molecule has 2 heterocycles. The summed E-state index contributed by atoms with van der Waals surface area (Å²) in [5.41, 5.74) is 1.46. The minimum atomic E-state index is -0.617. The van der Waals surface area contributed by atoms with Crippen molar-refractivity contribution in [2.75, 3.05) is 0 Å². The van der Waals surface area contributed by atoms with Crippen molar-refractivity contribution in [1.29, 1.82) is 0 Å². The zero-order valence-corrected chi connectivity index (χ0v) is 13.4. The molecular weight excluding hydrogens is 313 g/mol. The van der Waals surface area contributed by atoms with Crippen LogP contribution in [0, 0.1) is 19.7 Å². The van der Waals surface area contributed by atoms with Crippen molar-refractivity contribution in [2.24, 2.45) is 7.05 Å². The standard InChI is InChI=1S/C16H16FN5O2/c1-9-6-11(4-5-13(9)17)16(23)20-14(12-7-18-22(3)8-12)15-19-10(2)24-21-15/h4-8,14H,1-3H3,(H,20,23). The molecule has 0 saturated carbocycles. The fraction of sp³-hybridized carbons (Fsp3) is 0.250. The second-order valence-electron chi connectivity index (χ2n) is 5.49. The monoisotopic (exact) mass is 329 g/mol. The number of hydrogen-bond donors (Lipinski definition) is 1. The summed E-state index contributed by atoms with van der Waals surface area (Å²) in [4.78, 5) is 16.7. The molecule has 0 aliphatic carbocycles. The Morgan fingerprint density at radius 3 is 2.75 bits per heavy atom. The summed E-state index contributed by atoms with van der Waals surface area (Å²) in [6, 6.07) is 3.57. The predicted octanol–water partition coefficient (Wildman–Crippen LogP) is 2.08. The first kappa shape index (κ1) is 15.9. The van der Waals surface area contributed by atoms with Crippen LogP contribution in [0.2, 0.25) is 0 Å². The van der Waals surface area contributed by atoms with Gasteiger partial charge in [-0.1, -0.05) is 5.16 Å². The van der Waals surface area contributed by atoms with Gasteiger partial charge in [-0.05, 0) is 30.7 Å². The molecule has 0 radical (unpaired) electrons. The third-order valence-corrected chi connectivity index (χ3v) is 3.56. The Morgan fingerprint density at radius 1 is 1.38 bits per heavy atom. The lowest BCUT2D eigenvalue weighted by atomic mass is 10.1. The molecule has 24 heavy (non-hydrogen) atoms. The molecule has 0 bridgehead atoms. The van der Waals surface area contributed by atoms with Gasteiger partial charge >= 0.3 is 0 Å². The van der Waals surface area contributed by atoms with Crippen LogP contribution in [0.1, 0.15) is 39.2 Å². The number of nitrogens with zero attached hydrogens (tertiary/aromatic N) is 4. The number of benzene rings is 1. The number of amides is 1. The van der Waals surface area contributed by atoms with Gasteiger partial charge in [-0.15, -0.1) is 0 Å². The maximum atomic E-state index is 13.4. The molecule has 1 unspecified atom stereocenters. The van der Waals surface area contributed by atoms with Gasteiger partial charge in [-0.2, -0.15) is 10.1 Å². The van der Waals surface area contributed by atoms with Gasteiger partial charge in [0.25, 0.3) is 5.91 Å². The van der Waals surface area contributed by atoms with Gasteiger partial charge in [-0.3, -0.25) is 9.48 Å². The molecule has 8 heteroatoms. The second kappa shape index (κ2) is 6.23. The lowest BCUT2D eigenvalue weighted by Crippen LogP contribution is -2.30. The van der Waals surface area contributed by atoms with E-state index < -0.39 is 6.04 Å². The van der Waals surface area contributed by atoms with Crippen molar-refractivity contribution in [1.82, 2.24) is 25.2 Å². The molecule has 7 nitrogen and oxygen atoms in total. The topological polar surface area (TPSA) is 85.8 Å². The van der Waals surface area contributed by atoms with Gasteiger partial charge in [0, 0.05) is 31.3 Å². The first-order valence-corrected chi connectivity index (χ1v) is 7.30. The van der Waals surface area contributed by atoms with E-state index >= 15 is 0 Å². The molecular formula is C16H16FN5O2. The van der Waals surface area contributed by atoms with Gasteiger partial charge in [0.2, 0.25) is 5.89 Å². The van der Waals surface area contributed by atoms with E-state index in [9.17, 15) is 9.18 Å². The largest absolute Gasteiger partial charge is 0.340 e. The number of hydrogen-bond acceptors (Lipinski definition) is 5. The van der Waals surface area contributed by atoms with Crippen LogP contribution in [0.5, 0.6) is 0 Å². The molecule has 0 fully saturated rings. The molecule has 3 aromatic rings. The van der Waals surface area contributed by atoms with Crippen molar-refractivity contribution >= 4 is 5.91 Å². The molecule has 0 saturated heterocycles. The molecule has 0 spiro atoms. The van der Waals surface area contributed by atoms with Crippen molar-refractivity contribution in [3.63, 3.8) is 0 Å². The zero-order valence-electron chi connectivity index (χ0n) is 13.4. The van der Waals surface area contributed by atoms with Crippen LogP contribution in [0.4, 0.5) is 4.39 Å².